The van der Waals surface area contributed by atoms with Crippen molar-refractivity contribution >= 4 is 29.3 Å². The molecule has 0 aliphatic carbocycles. The predicted molar refractivity (Wildman–Crippen MR) is 58.9 cm³/mol. The van der Waals surface area contributed by atoms with E-state index in [4.69, 9.17) is 5.11 Å². The lowest BCUT2D eigenvalue weighted by Crippen LogP contribution is -2.16. The van der Waals surface area contributed by atoms with Crippen molar-refractivity contribution in [3.05, 3.63) is 46.2 Å². The lowest BCUT2D eigenvalue weighted by molar-refractivity contribution is 0.0693. The van der Waals surface area contributed by atoms with Crippen molar-refractivity contribution in [2.45, 2.75) is 0 Å². The highest BCUT2D eigenvalue weighted by molar-refractivity contribution is 5.92. The van der Waals surface area contributed by atoms with Crippen molar-refractivity contribution in [1.82, 2.24) is 4.79 Å². The van der Waals surface area contributed by atoms with Crippen LogP contribution >= 0.6 is 12.4 Å². The van der Waals surface area contributed by atoms with E-state index in [1.165, 1.54) is 12.1 Å². The van der Waals surface area contributed by atoms with E-state index >= 15 is 0 Å². The Hall–Kier alpha value is -1.88. The summed E-state index contributed by atoms with van der Waals surface area (Å²) in [6.07, 6.45) is 0.674. The van der Waals surface area contributed by atoms with E-state index < -0.39 is 17.0 Å². The molecule has 0 saturated heterocycles. The lowest BCUT2D eigenvalue weighted by Gasteiger charge is -2.02. The van der Waals surface area contributed by atoms with E-state index in [1.807, 2.05) is 0 Å². The van der Waals surface area contributed by atoms with Gasteiger partial charge >= 0.3 is 5.97 Å². The van der Waals surface area contributed by atoms with E-state index in [0.29, 0.717) is 6.20 Å². The van der Waals surface area contributed by atoms with Gasteiger partial charge in [0, 0.05) is 5.39 Å². The average Bonchev–Trinajstić information content (AvgIpc) is 2.23. The van der Waals surface area contributed by atoms with Crippen molar-refractivity contribution in [2.24, 2.45) is 0 Å². The number of rotatable bonds is 1. The van der Waals surface area contributed by atoms with Crippen LogP contribution in [0, 0.1) is 0 Å². The van der Waals surface area contributed by atoms with Gasteiger partial charge in [0.05, 0.1) is 11.7 Å². The third-order valence-corrected chi connectivity index (χ3v) is 2.10. The first-order chi connectivity index (χ1) is 7.11. The molecule has 2 aromatic rings. The summed E-state index contributed by atoms with van der Waals surface area (Å²) >= 11 is 0. The zero-order valence-corrected chi connectivity index (χ0v) is 8.70. The molecule has 0 atom stereocenters. The number of pyridine rings is 1. The molecule has 1 aromatic carbocycles. The van der Waals surface area contributed by atoms with Crippen LogP contribution in [0.5, 0.6) is 0 Å². The predicted octanol–water partition coefficient (Wildman–Crippen LogP) is 1.85. The number of para-hydroxylation sites is 1. The van der Waals surface area contributed by atoms with Gasteiger partial charge in [0.1, 0.15) is 5.56 Å². The van der Waals surface area contributed by atoms with E-state index in [1.54, 1.807) is 12.1 Å². The third kappa shape index (κ3) is 1.77. The second kappa shape index (κ2) is 4.32. The molecule has 84 valence electrons. The van der Waals surface area contributed by atoms with Crippen LogP contribution in [0.15, 0.2) is 35.3 Å². The van der Waals surface area contributed by atoms with E-state index in [2.05, 4.69) is 0 Å². The molecule has 0 bridgehead atoms. The second-order valence-electron chi connectivity index (χ2n) is 3.01. The van der Waals surface area contributed by atoms with Crippen LogP contribution in [0.3, 0.4) is 0 Å². The first-order valence-electron chi connectivity index (χ1n) is 4.15. The number of aromatic nitrogens is 1. The fraction of sp³-hybridized carbons (Fsp3) is 0. The Morgan fingerprint density at radius 1 is 1.31 bits per heavy atom. The maximum absolute atomic E-state index is 13.3. The van der Waals surface area contributed by atoms with Crippen molar-refractivity contribution in [2.75, 3.05) is 0 Å². The Bertz CT molecular complexity index is 609. The topological polar surface area (TPSA) is 59.3 Å². The summed E-state index contributed by atoms with van der Waals surface area (Å²) in [4.78, 5) is 22.3. The highest BCUT2D eigenvalue weighted by Gasteiger charge is 2.13. The molecule has 0 aliphatic heterocycles. The SMILES string of the molecule is Cl.O=C(O)c1cn(F)c2ccccc2c1=O. The fourth-order valence-electron chi connectivity index (χ4n) is 1.39. The molecule has 0 spiro atoms. The molecule has 0 saturated carbocycles. The molecule has 0 aliphatic rings. The Kier molecular flexibility index (Phi) is 3.29. The maximum atomic E-state index is 13.3. The highest BCUT2D eigenvalue weighted by atomic mass is 35.5. The number of nitrogens with zero attached hydrogens (tertiary/aromatic N) is 1. The number of benzene rings is 1. The lowest BCUT2D eigenvalue weighted by atomic mass is 10.1. The van der Waals surface area contributed by atoms with Crippen molar-refractivity contribution in [1.29, 1.82) is 0 Å². The number of carboxylic acids is 1. The van der Waals surface area contributed by atoms with Gasteiger partial charge in [-0.15, -0.1) is 12.4 Å². The smallest absolute Gasteiger partial charge is 0.341 e. The molecule has 0 amide bonds. The first kappa shape index (κ1) is 12.2. The number of hydrogen-bond acceptors (Lipinski definition) is 2. The van der Waals surface area contributed by atoms with Crippen molar-refractivity contribution in [3.8, 4) is 0 Å². The Balaban J connectivity index is 0.00000128. The maximum Gasteiger partial charge on any atom is 0.341 e. The van der Waals surface area contributed by atoms with Crippen LogP contribution in [0.4, 0.5) is 4.48 Å². The van der Waals surface area contributed by atoms with Crippen LogP contribution < -0.4 is 5.43 Å². The summed E-state index contributed by atoms with van der Waals surface area (Å²) < 4.78 is 13.3. The van der Waals surface area contributed by atoms with Gasteiger partial charge < -0.3 is 5.11 Å². The Morgan fingerprint density at radius 3 is 2.56 bits per heavy atom. The van der Waals surface area contributed by atoms with Gasteiger partial charge in [0.2, 0.25) is 5.43 Å². The molecule has 0 fully saturated rings. The zero-order valence-electron chi connectivity index (χ0n) is 7.88. The molecular formula is C10H7ClFNO3. The molecule has 1 heterocycles. The first-order valence-corrected chi connectivity index (χ1v) is 4.15. The van der Waals surface area contributed by atoms with Gasteiger partial charge in [0.15, 0.2) is 0 Å². The van der Waals surface area contributed by atoms with Crippen LogP contribution in [0.25, 0.3) is 10.9 Å². The number of halogens is 2. The van der Waals surface area contributed by atoms with E-state index in [0.717, 1.165) is 0 Å². The van der Waals surface area contributed by atoms with E-state index in [9.17, 15) is 14.1 Å². The Morgan fingerprint density at radius 2 is 1.94 bits per heavy atom. The molecule has 0 unspecified atom stereocenters. The van der Waals surface area contributed by atoms with Crippen LogP contribution in [0.1, 0.15) is 10.4 Å². The van der Waals surface area contributed by atoms with Gasteiger partial charge in [-0.05, 0) is 12.1 Å². The van der Waals surface area contributed by atoms with Gasteiger partial charge in [-0.1, -0.05) is 16.6 Å². The fourth-order valence-corrected chi connectivity index (χ4v) is 1.39. The zero-order chi connectivity index (χ0) is 11.0. The monoisotopic (exact) mass is 243 g/mol. The summed E-state index contributed by atoms with van der Waals surface area (Å²) in [5.41, 5.74) is -1.18. The number of aromatic carboxylic acids is 1. The molecule has 2 rings (SSSR count). The van der Waals surface area contributed by atoms with Crippen LogP contribution in [-0.2, 0) is 0 Å². The molecule has 1 aromatic heterocycles. The number of carboxylic acid groups (broad SMARTS) is 1. The second-order valence-corrected chi connectivity index (χ2v) is 3.01. The average molecular weight is 244 g/mol. The van der Waals surface area contributed by atoms with Crippen molar-refractivity contribution in [3.63, 3.8) is 0 Å². The summed E-state index contributed by atoms with van der Waals surface area (Å²) in [6, 6.07) is 5.91. The van der Waals surface area contributed by atoms with E-state index in [-0.39, 0.29) is 28.1 Å². The Labute approximate surface area is 95.3 Å². The minimum atomic E-state index is -1.43. The van der Waals surface area contributed by atoms with Gasteiger partial charge in [-0.3, -0.25) is 4.79 Å². The molecule has 0 radical (unpaired) electrons. The molecular weight excluding hydrogens is 237 g/mol. The summed E-state index contributed by atoms with van der Waals surface area (Å²) in [7, 11) is 0. The number of carbonyl (C=O) groups is 1. The summed E-state index contributed by atoms with van der Waals surface area (Å²) in [6.45, 7) is 0. The third-order valence-electron chi connectivity index (χ3n) is 2.10. The van der Waals surface area contributed by atoms with Gasteiger partial charge in [-0.25, -0.2) is 4.79 Å². The standard InChI is InChI=1S/C10H6FNO3.ClH/c11-12-5-7(10(14)15)9(13)6-3-1-2-4-8(6)12;/h1-5H,(H,14,15);1H. The molecule has 6 heteroatoms. The summed E-state index contributed by atoms with van der Waals surface area (Å²) in [5, 5.41) is 8.73. The normalized spacial score (nSPS) is 9.81. The largest absolute Gasteiger partial charge is 0.477 e. The molecule has 1 N–H and O–H groups in total. The minimum Gasteiger partial charge on any atom is -0.477 e. The van der Waals surface area contributed by atoms with Gasteiger partial charge in [0.25, 0.3) is 0 Å². The van der Waals surface area contributed by atoms with Crippen LogP contribution in [-0.4, -0.2) is 15.9 Å². The molecule has 16 heavy (non-hydrogen) atoms. The summed E-state index contributed by atoms with van der Waals surface area (Å²) in [5.74, 6) is -1.43. The van der Waals surface area contributed by atoms with Gasteiger partial charge in [-0.2, -0.15) is 4.79 Å². The highest BCUT2D eigenvalue weighted by Crippen LogP contribution is 2.11. The van der Waals surface area contributed by atoms with Crippen LogP contribution in [0.2, 0.25) is 0 Å². The minimum absolute atomic E-state index is 0. The molecule has 4 nitrogen and oxygen atoms in total. The number of fused-ring (bicyclic) bond motifs is 1. The number of hydrogen-bond donors (Lipinski definition) is 1. The quantitative estimate of drug-likeness (QED) is 0.832. The van der Waals surface area contributed by atoms with Crippen molar-refractivity contribution < 1.29 is 14.4 Å².